The highest BCUT2D eigenvalue weighted by molar-refractivity contribution is 8.26. The van der Waals surface area contributed by atoms with Gasteiger partial charge in [-0.25, -0.2) is 4.39 Å². The highest BCUT2D eigenvalue weighted by Gasteiger charge is 2.32. The van der Waals surface area contributed by atoms with E-state index in [4.69, 9.17) is 17.0 Å². The van der Waals surface area contributed by atoms with Crippen LogP contribution in [0.15, 0.2) is 58.2 Å². The van der Waals surface area contributed by atoms with Gasteiger partial charge < -0.3 is 10.1 Å². The zero-order valence-electron chi connectivity index (χ0n) is 21.8. The maximum atomic E-state index is 13.4. The van der Waals surface area contributed by atoms with E-state index in [0.717, 1.165) is 16.9 Å². The van der Waals surface area contributed by atoms with Gasteiger partial charge in [-0.05, 0) is 67.3 Å². The van der Waals surface area contributed by atoms with Gasteiger partial charge >= 0.3 is 0 Å². The van der Waals surface area contributed by atoms with Gasteiger partial charge in [0, 0.05) is 25.2 Å². The molecule has 200 valence electrons. The van der Waals surface area contributed by atoms with Crippen molar-refractivity contribution in [3.8, 4) is 11.8 Å². The van der Waals surface area contributed by atoms with Crippen LogP contribution in [0, 0.1) is 24.1 Å². The topological polar surface area (TPSA) is 87.4 Å². The number of benzene rings is 2. The molecule has 3 aromatic rings. The quantitative estimate of drug-likeness (QED) is 0.282. The number of amides is 1. The van der Waals surface area contributed by atoms with Gasteiger partial charge in [0.15, 0.2) is 0 Å². The van der Waals surface area contributed by atoms with E-state index in [1.165, 1.54) is 28.5 Å². The largest absolute Gasteiger partial charge is 0.497 e. The zero-order chi connectivity index (χ0) is 28.1. The first-order valence-corrected chi connectivity index (χ1v) is 13.5. The molecule has 7 nitrogen and oxygen atoms in total. The summed E-state index contributed by atoms with van der Waals surface area (Å²) in [5.74, 6) is 0.673. The number of pyridine rings is 1. The van der Waals surface area contributed by atoms with Crippen molar-refractivity contribution in [1.29, 1.82) is 5.26 Å². The number of carbonyl (C=O) groups is 1. The van der Waals surface area contributed by atoms with Crippen molar-refractivity contribution >= 4 is 46.1 Å². The summed E-state index contributed by atoms with van der Waals surface area (Å²) in [5.41, 5.74) is 2.49. The third kappa shape index (κ3) is 6.05. The van der Waals surface area contributed by atoms with Crippen molar-refractivity contribution in [2.45, 2.75) is 33.4 Å². The number of carbonyl (C=O) groups excluding carboxylic acids is 1. The van der Waals surface area contributed by atoms with Crippen LogP contribution in [0.4, 0.5) is 10.2 Å². The number of thioether (sulfide) groups is 1. The number of halogens is 1. The molecule has 1 aromatic heterocycles. The first kappa shape index (κ1) is 28.1. The number of nitriles is 1. The fourth-order valence-corrected chi connectivity index (χ4v) is 5.59. The fraction of sp³-hybridized carbons (Fsp3) is 0.241. The monoisotopic (exact) mass is 562 g/mol. The van der Waals surface area contributed by atoms with Crippen molar-refractivity contribution in [3.63, 3.8) is 0 Å². The van der Waals surface area contributed by atoms with Crippen LogP contribution >= 0.6 is 24.0 Å². The number of nitrogens with one attached hydrogen (secondary N) is 1. The Morgan fingerprint density at radius 1 is 1.13 bits per heavy atom. The minimum atomic E-state index is -0.414. The van der Waals surface area contributed by atoms with Crippen LogP contribution in [0.3, 0.4) is 0 Å². The van der Waals surface area contributed by atoms with Gasteiger partial charge in [0.2, 0.25) is 0 Å². The molecular weight excluding hydrogens is 535 g/mol. The first-order valence-electron chi connectivity index (χ1n) is 12.3. The molecule has 2 aromatic carbocycles. The molecule has 0 aliphatic carbocycles. The summed E-state index contributed by atoms with van der Waals surface area (Å²) < 4.78 is 20.5. The van der Waals surface area contributed by atoms with Crippen molar-refractivity contribution in [3.05, 3.63) is 97.4 Å². The molecule has 1 amide bonds. The van der Waals surface area contributed by atoms with Crippen LogP contribution in [0.25, 0.3) is 6.08 Å². The average Bonchev–Trinajstić information content (AvgIpc) is 3.21. The second-order valence-electron chi connectivity index (χ2n) is 8.83. The van der Waals surface area contributed by atoms with E-state index in [1.54, 1.807) is 37.1 Å². The molecule has 4 rings (SSSR count). The number of aromatic nitrogens is 1. The highest BCUT2D eigenvalue weighted by atomic mass is 32.2. The number of methoxy groups -OCH3 is 1. The van der Waals surface area contributed by atoms with Crippen LogP contribution in [0.5, 0.6) is 5.75 Å². The summed E-state index contributed by atoms with van der Waals surface area (Å²) in [6, 6.07) is 15.7. The van der Waals surface area contributed by atoms with Crippen molar-refractivity contribution in [1.82, 2.24) is 9.47 Å². The van der Waals surface area contributed by atoms with Crippen LogP contribution in [-0.2, 0) is 24.3 Å². The Morgan fingerprint density at radius 2 is 1.79 bits per heavy atom. The summed E-state index contributed by atoms with van der Waals surface area (Å²) in [6.07, 6.45) is 2.31. The molecule has 1 fully saturated rings. The van der Waals surface area contributed by atoms with Crippen LogP contribution in [0.2, 0.25) is 0 Å². The van der Waals surface area contributed by atoms with E-state index in [0.29, 0.717) is 52.2 Å². The van der Waals surface area contributed by atoms with Crippen molar-refractivity contribution in [2.75, 3.05) is 19.0 Å². The summed E-state index contributed by atoms with van der Waals surface area (Å²) in [4.78, 5) is 28.4. The van der Waals surface area contributed by atoms with Crippen LogP contribution < -0.4 is 15.6 Å². The Morgan fingerprint density at radius 3 is 2.41 bits per heavy atom. The molecule has 0 saturated carbocycles. The molecule has 0 atom stereocenters. The third-order valence-electron chi connectivity index (χ3n) is 6.50. The lowest BCUT2D eigenvalue weighted by Gasteiger charge is -2.19. The average molecular weight is 563 g/mol. The smallest absolute Gasteiger partial charge is 0.270 e. The second-order valence-corrected chi connectivity index (χ2v) is 10.5. The second kappa shape index (κ2) is 12.3. The van der Waals surface area contributed by atoms with E-state index >= 15 is 0 Å². The number of thiocarbonyl (C=S) groups is 1. The molecule has 0 unspecified atom stereocenters. The molecule has 10 heteroatoms. The SMILES string of the molecule is CCn1c(NCc2ccc(F)cc2)c(/C=C2/SC(=S)N(CCc3ccc(OC)cc3)C2=O)c(C)c(C#N)c1=O. The Balaban J connectivity index is 1.66. The maximum Gasteiger partial charge on any atom is 0.270 e. The zero-order valence-corrected chi connectivity index (χ0v) is 23.4. The number of hydrogen-bond acceptors (Lipinski definition) is 7. The van der Waals surface area contributed by atoms with Crippen LogP contribution in [-0.4, -0.2) is 33.3 Å². The molecule has 1 saturated heterocycles. The molecular formula is C29H27FN4O3S2. The Kier molecular flexibility index (Phi) is 8.84. The lowest BCUT2D eigenvalue weighted by atomic mass is 10.0. The van der Waals surface area contributed by atoms with Gasteiger partial charge in [0.05, 0.1) is 12.0 Å². The van der Waals surface area contributed by atoms with Crippen LogP contribution in [0.1, 0.15) is 34.7 Å². The first-order chi connectivity index (χ1) is 18.8. The van der Waals surface area contributed by atoms with Gasteiger partial charge in [-0.2, -0.15) is 5.26 Å². The number of ether oxygens (including phenoxy) is 1. The number of hydrogen-bond donors (Lipinski definition) is 1. The van der Waals surface area contributed by atoms with Crippen molar-refractivity contribution < 1.29 is 13.9 Å². The van der Waals surface area contributed by atoms with Gasteiger partial charge in [-0.1, -0.05) is 48.2 Å². The number of anilines is 1. The highest BCUT2D eigenvalue weighted by Crippen LogP contribution is 2.35. The lowest BCUT2D eigenvalue weighted by Crippen LogP contribution is -2.30. The molecule has 39 heavy (non-hydrogen) atoms. The van der Waals surface area contributed by atoms with E-state index in [2.05, 4.69) is 5.32 Å². The van der Waals surface area contributed by atoms with E-state index < -0.39 is 5.56 Å². The van der Waals surface area contributed by atoms with E-state index in [1.807, 2.05) is 37.3 Å². The molecule has 0 spiro atoms. The number of rotatable bonds is 9. The molecule has 1 aliphatic heterocycles. The molecule has 1 aliphatic rings. The van der Waals surface area contributed by atoms with E-state index in [9.17, 15) is 19.2 Å². The fourth-order valence-electron chi connectivity index (χ4n) is 4.30. The molecule has 0 bridgehead atoms. The molecule has 0 radical (unpaired) electrons. The molecule has 2 heterocycles. The van der Waals surface area contributed by atoms with Gasteiger partial charge in [0.25, 0.3) is 11.5 Å². The summed E-state index contributed by atoms with van der Waals surface area (Å²) in [7, 11) is 1.61. The minimum Gasteiger partial charge on any atom is -0.497 e. The van der Waals surface area contributed by atoms with Gasteiger partial charge in [0.1, 0.15) is 33.3 Å². The Hall–Kier alpha value is -3.94. The third-order valence-corrected chi connectivity index (χ3v) is 7.87. The standard InChI is InChI=1S/C29H27FN4O3S2/c1-4-33-26(32-17-20-5-9-21(30)10-6-20)23(18(2)24(16-31)27(33)35)15-25-28(36)34(29(38)39-25)14-13-19-7-11-22(37-3)12-8-19/h5-12,15,32H,4,13-14,17H2,1-3H3/b25-15+. The predicted octanol–water partition coefficient (Wildman–Crippen LogP) is 5.25. The maximum absolute atomic E-state index is 13.4. The summed E-state index contributed by atoms with van der Waals surface area (Å²) in [5, 5.41) is 13.0. The summed E-state index contributed by atoms with van der Waals surface area (Å²) >= 11 is 6.72. The molecule has 1 N–H and O–H groups in total. The Labute approximate surface area is 235 Å². The lowest BCUT2D eigenvalue weighted by molar-refractivity contribution is -0.122. The van der Waals surface area contributed by atoms with Crippen molar-refractivity contribution in [2.24, 2.45) is 0 Å². The number of nitrogens with zero attached hydrogens (tertiary/aromatic N) is 3. The summed E-state index contributed by atoms with van der Waals surface area (Å²) in [6.45, 7) is 4.54. The minimum absolute atomic E-state index is 0.0189. The Bertz CT molecular complexity index is 1540. The van der Waals surface area contributed by atoms with E-state index in [-0.39, 0.29) is 17.3 Å². The van der Waals surface area contributed by atoms with Gasteiger partial charge in [-0.3, -0.25) is 19.1 Å². The predicted molar refractivity (Wildman–Crippen MR) is 156 cm³/mol. The van der Waals surface area contributed by atoms with Gasteiger partial charge in [-0.15, -0.1) is 0 Å². The normalized spacial score (nSPS) is 14.1.